The van der Waals surface area contributed by atoms with Gasteiger partial charge in [-0.15, -0.1) is 0 Å². The van der Waals surface area contributed by atoms with Crippen LogP contribution < -0.4 is 10.6 Å². The van der Waals surface area contributed by atoms with E-state index in [0.717, 1.165) is 17.7 Å². The first-order chi connectivity index (χ1) is 11.2. The van der Waals surface area contributed by atoms with E-state index < -0.39 is 17.8 Å². The van der Waals surface area contributed by atoms with Crippen molar-refractivity contribution < 1.29 is 18.0 Å². The standard InChI is InChI=1S/C18H19F3N2O/c1-17(2,13-6-4-3-5-7-13)12-22-16(24)23-15-10-8-14(9-11-15)18(19,20)21/h3-11H,12H2,1-2H3,(H2,22,23,24). The van der Waals surface area contributed by atoms with Gasteiger partial charge in [0.25, 0.3) is 0 Å². The van der Waals surface area contributed by atoms with Crippen molar-refractivity contribution in [1.29, 1.82) is 0 Å². The summed E-state index contributed by atoms with van der Waals surface area (Å²) < 4.78 is 37.5. The van der Waals surface area contributed by atoms with Crippen molar-refractivity contribution in [2.75, 3.05) is 11.9 Å². The number of hydrogen-bond donors (Lipinski definition) is 2. The van der Waals surface area contributed by atoms with Crippen LogP contribution in [0.4, 0.5) is 23.7 Å². The molecule has 0 aliphatic heterocycles. The van der Waals surface area contributed by atoms with Crippen LogP contribution in [-0.2, 0) is 11.6 Å². The predicted molar refractivity (Wildman–Crippen MR) is 87.9 cm³/mol. The molecule has 0 saturated heterocycles. The third kappa shape index (κ3) is 4.75. The molecule has 2 N–H and O–H groups in total. The molecule has 24 heavy (non-hydrogen) atoms. The van der Waals surface area contributed by atoms with Crippen LogP contribution in [0, 0.1) is 0 Å². The number of benzene rings is 2. The summed E-state index contributed by atoms with van der Waals surface area (Å²) in [5.41, 5.74) is 0.371. The fraction of sp³-hybridized carbons (Fsp3) is 0.278. The molecular formula is C18H19F3N2O. The van der Waals surface area contributed by atoms with E-state index in [1.54, 1.807) is 0 Å². The molecule has 0 radical (unpaired) electrons. The van der Waals surface area contributed by atoms with Crippen molar-refractivity contribution in [1.82, 2.24) is 5.32 Å². The third-order valence-electron chi connectivity index (χ3n) is 3.72. The van der Waals surface area contributed by atoms with Gasteiger partial charge in [0.2, 0.25) is 0 Å². The lowest BCUT2D eigenvalue weighted by Crippen LogP contribution is -2.38. The van der Waals surface area contributed by atoms with Gasteiger partial charge in [0.15, 0.2) is 0 Å². The molecule has 2 aromatic rings. The number of carbonyl (C=O) groups excluding carboxylic acids is 1. The monoisotopic (exact) mass is 336 g/mol. The van der Waals surface area contributed by atoms with Crippen LogP contribution in [0.1, 0.15) is 25.0 Å². The van der Waals surface area contributed by atoms with Gasteiger partial charge in [-0.05, 0) is 29.8 Å². The summed E-state index contributed by atoms with van der Waals surface area (Å²) >= 11 is 0. The Bertz CT molecular complexity index is 680. The fourth-order valence-electron chi connectivity index (χ4n) is 2.21. The molecule has 0 bridgehead atoms. The number of alkyl halides is 3. The second-order valence-electron chi connectivity index (χ2n) is 6.13. The molecule has 0 spiro atoms. The first-order valence-electron chi connectivity index (χ1n) is 7.46. The normalized spacial score (nSPS) is 11.9. The van der Waals surface area contributed by atoms with E-state index in [-0.39, 0.29) is 5.41 Å². The Labute approximate surface area is 138 Å². The van der Waals surface area contributed by atoms with Gasteiger partial charge < -0.3 is 10.6 Å². The number of anilines is 1. The van der Waals surface area contributed by atoms with Crippen LogP contribution in [0.2, 0.25) is 0 Å². The van der Waals surface area contributed by atoms with Crippen molar-refractivity contribution in [2.24, 2.45) is 0 Å². The van der Waals surface area contributed by atoms with Crippen LogP contribution in [-0.4, -0.2) is 12.6 Å². The highest BCUT2D eigenvalue weighted by atomic mass is 19.4. The van der Waals surface area contributed by atoms with Crippen molar-refractivity contribution in [3.63, 3.8) is 0 Å². The number of halogens is 3. The highest BCUT2D eigenvalue weighted by Gasteiger charge is 2.30. The molecule has 0 unspecified atom stereocenters. The average molecular weight is 336 g/mol. The molecular weight excluding hydrogens is 317 g/mol. The molecule has 0 aromatic heterocycles. The van der Waals surface area contributed by atoms with Crippen molar-refractivity contribution in [3.05, 3.63) is 65.7 Å². The van der Waals surface area contributed by atoms with Crippen molar-refractivity contribution >= 4 is 11.7 Å². The van der Waals surface area contributed by atoms with Crippen molar-refractivity contribution in [2.45, 2.75) is 25.4 Å². The van der Waals surface area contributed by atoms with E-state index in [0.29, 0.717) is 12.2 Å². The molecule has 3 nitrogen and oxygen atoms in total. The quantitative estimate of drug-likeness (QED) is 0.827. The smallest absolute Gasteiger partial charge is 0.337 e. The summed E-state index contributed by atoms with van der Waals surface area (Å²) in [6.07, 6.45) is -4.39. The lowest BCUT2D eigenvalue weighted by molar-refractivity contribution is -0.137. The second kappa shape index (κ2) is 6.95. The molecule has 0 aliphatic carbocycles. The van der Waals surface area contributed by atoms with Gasteiger partial charge in [0.1, 0.15) is 0 Å². The number of rotatable bonds is 4. The molecule has 0 aliphatic rings. The maximum Gasteiger partial charge on any atom is 0.416 e. The van der Waals surface area contributed by atoms with Gasteiger partial charge in [-0.1, -0.05) is 44.2 Å². The Kier molecular flexibility index (Phi) is 5.17. The minimum Gasteiger partial charge on any atom is -0.337 e. The van der Waals surface area contributed by atoms with Gasteiger partial charge in [0.05, 0.1) is 5.56 Å². The Morgan fingerprint density at radius 2 is 1.50 bits per heavy atom. The summed E-state index contributed by atoms with van der Waals surface area (Å²) in [5.74, 6) is 0. The maximum atomic E-state index is 12.5. The SMILES string of the molecule is CC(C)(CNC(=O)Nc1ccc(C(F)(F)F)cc1)c1ccccc1. The van der Waals surface area contributed by atoms with Gasteiger partial charge in [-0.25, -0.2) is 4.79 Å². The van der Waals surface area contributed by atoms with Crippen LogP contribution in [0.15, 0.2) is 54.6 Å². The van der Waals surface area contributed by atoms with E-state index in [9.17, 15) is 18.0 Å². The zero-order chi connectivity index (χ0) is 17.8. The summed E-state index contributed by atoms with van der Waals surface area (Å²) in [5, 5.41) is 5.27. The molecule has 0 heterocycles. The van der Waals surface area contributed by atoms with Crippen LogP contribution >= 0.6 is 0 Å². The summed E-state index contributed by atoms with van der Waals surface area (Å²) in [6.45, 7) is 4.39. The predicted octanol–water partition coefficient (Wildman–Crippen LogP) is 4.80. The number of amides is 2. The highest BCUT2D eigenvalue weighted by molar-refractivity contribution is 5.89. The Morgan fingerprint density at radius 3 is 2.04 bits per heavy atom. The molecule has 2 aromatic carbocycles. The molecule has 0 atom stereocenters. The molecule has 0 fully saturated rings. The van der Waals surface area contributed by atoms with Crippen LogP contribution in [0.25, 0.3) is 0 Å². The lowest BCUT2D eigenvalue weighted by atomic mass is 9.85. The van der Waals surface area contributed by atoms with Gasteiger partial charge in [-0.2, -0.15) is 13.2 Å². The van der Waals surface area contributed by atoms with E-state index in [2.05, 4.69) is 10.6 Å². The number of carbonyl (C=O) groups is 1. The highest BCUT2D eigenvalue weighted by Crippen LogP contribution is 2.29. The van der Waals surface area contributed by atoms with Gasteiger partial charge in [0, 0.05) is 17.6 Å². The first-order valence-corrected chi connectivity index (χ1v) is 7.46. The van der Waals surface area contributed by atoms with Crippen molar-refractivity contribution in [3.8, 4) is 0 Å². The fourth-order valence-corrected chi connectivity index (χ4v) is 2.21. The zero-order valence-electron chi connectivity index (χ0n) is 13.4. The van der Waals surface area contributed by atoms with Gasteiger partial charge in [-0.3, -0.25) is 0 Å². The summed E-state index contributed by atoms with van der Waals surface area (Å²) in [7, 11) is 0. The van der Waals surface area contributed by atoms with E-state index in [1.807, 2.05) is 44.2 Å². The Balaban J connectivity index is 1.92. The molecule has 2 rings (SSSR count). The molecule has 2 amide bonds. The average Bonchev–Trinajstić information content (AvgIpc) is 2.54. The van der Waals surface area contributed by atoms with E-state index >= 15 is 0 Å². The molecule has 6 heteroatoms. The largest absolute Gasteiger partial charge is 0.416 e. The minimum atomic E-state index is -4.39. The lowest BCUT2D eigenvalue weighted by Gasteiger charge is -2.25. The topological polar surface area (TPSA) is 41.1 Å². The van der Waals surface area contributed by atoms with E-state index in [1.165, 1.54) is 12.1 Å². The first kappa shape index (κ1) is 17.8. The second-order valence-corrected chi connectivity index (χ2v) is 6.13. The summed E-state index contributed by atoms with van der Waals surface area (Å²) in [6, 6.07) is 13.6. The van der Waals surface area contributed by atoms with Gasteiger partial charge >= 0.3 is 12.2 Å². The zero-order valence-corrected chi connectivity index (χ0v) is 13.4. The number of hydrogen-bond acceptors (Lipinski definition) is 1. The minimum absolute atomic E-state index is 0.265. The number of nitrogens with one attached hydrogen (secondary N) is 2. The molecule has 128 valence electrons. The summed E-state index contributed by atoms with van der Waals surface area (Å²) in [4.78, 5) is 11.9. The third-order valence-corrected chi connectivity index (χ3v) is 3.72. The molecule has 0 saturated carbocycles. The Morgan fingerprint density at radius 1 is 0.917 bits per heavy atom. The maximum absolute atomic E-state index is 12.5. The Hall–Kier alpha value is -2.50. The van der Waals surface area contributed by atoms with E-state index in [4.69, 9.17) is 0 Å². The number of urea groups is 1. The van der Waals surface area contributed by atoms with Crippen LogP contribution in [0.5, 0.6) is 0 Å². The van der Waals surface area contributed by atoms with Crippen LogP contribution in [0.3, 0.4) is 0 Å².